The lowest BCUT2D eigenvalue weighted by atomic mass is 10.1. The fourth-order valence-electron chi connectivity index (χ4n) is 1.79. The van der Waals surface area contributed by atoms with E-state index in [0.717, 1.165) is 10.8 Å². The molecule has 2 aromatic carbocycles. The number of anilines is 1. The molecule has 0 bridgehead atoms. The van der Waals surface area contributed by atoms with E-state index >= 15 is 0 Å². The number of hydrogen-bond acceptors (Lipinski definition) is 4. The summed E-state index contributed by atoms with van der Waals surface area (Å²) in [5.74, 6) is 0.278. The number of nitrogens with two attached hydrogens (primary N) is 1. The predicted molar refractivity (Wildman–Crippen MR) is 83.8 cm³/mol. The minimum atomic E-state index is 0.278. The number of nitrogen functional groups attached to an aromatic ring is 1. The van der Waals surface area contributed by atoms with Crippen LogP contribution in [0.4, 0.5) is 5.69 Å². The van der Waals surface area contributed by atoms with Crippen LogP contribution in [0.3, 0.4) is 0 Å². The quantitative estimate of drug-likeness (QED) is 0.334. The Morgan fingerprint density at radius 1 is 0.800 bits per heavy atom. The van der Waals surface area contributed by atoms with E-state index in [-0.39, 0.29) is 17.2 Å². The van der Waals surface area contributed by atoms with Crippen molar-refractivity contribution in [1.29, 1.82) is 10.8 Å². The molecule has 20 heavy (non-hydrogen) atoms. The van der Waals surface area contributed by atoms with Crippen LogP contribution in [0.25, 0.3) is 10.8 Å². The van der Waals surface area contributed by atoms with Gasteiger partial charge in [-0.15, -0.1) is 0 Å². The maximum absolute atomic E-state index is 9.44. The monoisotopic (exact) mass is 265 g/mol. The molecule has 4 heteroatoms. The number of phenolic OH excluding ortho intramolecular Hbond substituents is 1. The first-order chi connectivity index (χ1) is 9.59. The van der Waals surface area contributed by atoms with E-state index in [4.69, 9.17) is 16.6 Å². The molecule has 100 valence electrons. The van der Waals surface area contributed by atoms with Gasteiger partial charge < -0.3 is 10.8 Å². The highest BCUT2D eigenvalue weighted by molar-refractivity contribution is 6.48. The average Bonchev–Trinajstić information content (AvgIpc) is 2.47. The Hall–Kier alpha value is -2.88. The number of phenols is 1. The number of nitrogens with one attached hydrogen (secondary N) is 2. The van der Waals surface area contributed by atoms with E-state index in [1.165, 1.54) is 0 Å². The standard InChI is InChI=1S/C10H9NO.C6H6N2/c11-9-5-6-10(12)8-4-2-1-3-7(8)9;7-5-3-1-2-4-6(5)8/h1-6,12H,11H2;1-4,7-8H. The Labute approximate surface area is 116 Å². The summed E-state index contributed by atoms with van der Waals surface area (Å²) in [6, 6.07) is 10.8. The SMILES string of the molecule is N=C1C=CC=CC1=N.Nc1ccc(O)c2ccccc12. The summed E-state index contributed by atoms with van der Waals surface area (Å²) in [4.78, 5) is 0. The smallest absolute Gasteiger partial charge is 0.123 e. The summed E-state index contributed by atoms with van der Waals surface area (Å²) >= 11 is 0. The molecule has 0 radical (unpaired) electrons. The van der Waals surface area contributed by atoms with Gasteiger partial charge in [0.05, 0.1) is 11.4 Å². The van der Waals surface area contributed by atoms with E-state index in [0.29, 0.717) is 5.69 Å². The molecule has 3 rings (SSSR count). The molecule has 0 saturated heterocycles. The van der Waals surface area contributed by atoms with Gasteiger partial charge in [0.1, 0.15) is 5.75 Å². The molecule has 0 heterocycles. The largest absolute Gasteiger partial charge is 0.507 e. The molecule has 4 nitrogen and oxygen atoms in total. The lowest BCUT2D eigenvalue weighted by Crippen LogP contribution is -2.06. The van der Waals surface area contributed by atoms with Crippen LogP contribution in [0.1, 0.15) is 0 Å². The minimum Gasteiger partial charge on any atom is -0.507 e. The van der Waals surface area contributed by atoms with Gasteiger partial charge in [0.15, 0.2) is 0 Å². The van der Waals surface area contributed by atoms with Crippen LogP contribution in [-0.2, 0) is 0 Å². The molecule has 0 aliphatic heterocycles. The summed E-state index contributed by atoms with van der Waals surface area (Å²) in [5.41, 5.74) is 6.98. The van der Waals surface area contributed by atoms with Crippen molar-refractivity contribution in [3.05, 3.63) is 60.7 Å². The Morgan fingerprint density at radius 3 is 1.85 bits per heavy atom. The molecule has 5 N–H and O–H groups in total. The molecule has 0 saturated carbocycles. The molecular formula is C16H15N3O. The van der Waals surface area contributed by atoms with Gasteiger partial charge in [-0.25, -0.2) is 0 Å². The number of allylic oxidation sites excluding steroid dienone is 4. The second-order valence-electron chi connectivity index (χ2n) is 4.27. The summed E-state index contributed by atoms with van der Waals surface area (Å²) < 4.78 is 0. The number of aromatic hydroxyl groups is 1. The first-order valence-corrected chi connectivity index (χ1v) is 6.08. The lowest BCUT2D eigenvalue weighted by molar-refractivity contribution is 0.481. The summed E-state index contributed by atoms with van der Waals surface area (Å²) in [6.45, 7) is 0. The molecule has 0 spiro atoms. The van der Waals surface area contributed by atoms with Crippen molar-refractivity contribution in [2.45, 2.75) is 0 Å². The zero-order chi connectivity index (χ0) is 14.5. The highest BCUT2D eigenvalue weighted by atomic mass is 16.3. The fraction of sp³-hybridized carbons (Fsp3) is 0. The van der Waals surface area contributed by atoms with Crippen molar-refractivity contribution in [1.82, 2.24) is 0 Å². The van der Waals surface area contributed by atoms with Gasteiger partial charge in [-0.2, -0.15) is 0 Å². The molecule has 0 unspecified atom stereocenters. The third kappa shape index (κ3) is 2.92. The molecule has 1 aliphatic carbocycles. The molecular weight excluding hydrogens is 250 g/mol. The summed E-state index contributed by atoms with van der Waals surface area (Å²) in [7, 11) is 0. The van der Waals surface area contributed by atoms with E-state index in [9.17, 15) is 5.11 Å². The van der Waals surface area contributed by atoms with Crippen molar-refractivity contribution in [2.75, 3.05) is 5.73 Å². The van der Waals surface area contributed by atoms with Crippen LogP contribution in [0.2, 0.25) is 0 Å². The number of fused-ring (bicyclic) bond motifs is 1. The third-order valence-corrected chi connectivity index (χ3v) is 2.86. The topological polar surface area (TPSA) is 94.0 Å². The Bertz CT molecular complexity index is 667. The van der Waals surface area contributed by atoms with Gasteiger partial charge in [0, 0.05) is 16.5 Å². The van der Waals surface area contributed by atoms with Crippen LogP contribution < -0.4 is 5.73 Å². The zero-order valence-electron chi connectivity index (χ0n) is 10.8. The molecule has 0 aromatic heterocycles. The van der Waals surface area contributed by atoms with E-state index < -0.39 is 0 Å². The van der Waals surface area contributed by atoms with Gasteiger partial charge in [-0.1, -0.05) is 36.4 Å². The molecule has 2 aromatic rings. The Morgan fingerprint density at radius 2 is 1.35 bits per heavy atom. The lowest BCUT2D eigenvalue weighted by Gasteiger charge is -2.02. The number of rotatable bonds is 0. The van der Waals surface area contributed by atoms with E-state index in [1.54, 1.807) is 36.4 Å². The maximum atomic E-state index is 9.44. The third-order valence-electron chi connectivity index (χ3n) is 2.86. The number of benzene rings is 2. The van der Waals surface area contributed by atoms with Gasteiger partial charge in [-0.05, 0) is 24.3 Å². The van der Waals surface area contributed by atoms with Gasteiger partial charge in [0.2, 0.25) is 0 Å². The fourth-order valence-corrected chi connectivity index (χ4v) is 1.79. The molecule has 0 fully saturated rings. The summed E-state index contributed by atoms with van der Waals surface area (Å²) in [5, 5.41) is 25.2. The van der Waals surface area contributed by atoms with Crippen molar-refractivity contribution in [3.63, 3.8) is 0 Å². The zero-order valence-corrected chi connectivity index (χ0v) is 10.8. The molecule has 0 amide bonds. The van der Waals surface area contributed by atoms with Crippen molar-refractivity contribution < 1.29 is 5.11 Å². The highest BCUT2D eigenvalue weighted by Gasteiger charge is 2.00. The van der Waals surface area contributed by atoms with Crippen LogP contribution in [0, 0.1) is 10.8 Å². The molecule has 0 atom stereocenters. The molecule has 1 aliphatic rings. The average molecular weight is 265 g/mol. The van der Waals surface area contributed by atoms with Gasteiger partial charge >= 0.3 is 0 Å². The second-order valence-corrected chi connectivity index (χ2v) is 4.27. The first kappa shape index (κ1) is 13.5. The highest BCUT2D eigenvalue weighted by Crippen LogP contribution is 2.28. The van der Waals surface area contributed by atoms with E-state index in [2.05, 4.69) is 0 Å². The van der Waals surface area contributed by atoms with Crippen LogP contribution in [-0.4, -0.2) is 16.5 Å². The number of hydrogen-bond donors (Lipinski definition) is 4. The van der Waals surface area contributed by atoms with Crippen molar-refractivity contribution in [3.8, 4) is 5.75 Å². The van der Waals surface area contributed by atoms with Crippen LogP contribution >= 0.6 is 0 Å². The Kier molecular flexibility index (Phi) is 3.96. The normalized spacial score (nSPS) is 13.2. The maximum Gasteiger partial charge on any atom is 0.123 e. The Balaban J connectivity index is 0.000000160. The second kappa shape index (κ2) is 5.84. The van der Waals surface area contributed by atoms with Gasteiger partial charge in [0.25, 0.3) is 0 Å². The van der Waals surface area contributed by atoms with Crippen LogP contribution in [0.5, 0.6) is 5.75 Å². The van der Waals surface area contributed by atoms with Crippen LogP contribution in [0.15, 0.2) is 60.7 Å². The summed E-state index contributed by atoms with van der Waals surface area (Å²) in [6.07, 6.45) is 6.70. The van der Waals surface area contributed by atoms with E-state index in [1.807, 2.05) is 24.3 Å². The minimum absolute atomic E-state index is 0.278. The van der Waals surface area contributed by atoms with Crippen molar-refractivity contribution in [2.24, 2.45) is 0 Å². The first-order valence-electron chi connectivity index (χ1n) is 6.08. The van der Waals surface area contributed by atoms with Crippen molar-refractivity contribution >= 4 is 27.9 Å². The predicted octanol–water partition coefficient (Wildman–Crippen LogP) is 3.28. The van der Waals surface area contributed by atoms with Gasteiger partial charge in [-0.3, -0.25) is 10.8 Å².